The van der Waals surface area contributed by atoms with Gasteiger partial charge < -0.3 is 0 Å². The molecule has 0 nitrogen and oxygen atoms in total. The van der Waals surface area contributed by atoms with Gasteiger partial charge >= 0.3 is 0 Å². The van der Waals surface area contributed by atoms with Crippen molar-refractivity contribution in [2.45, 2.75) is 104 Å². The van der Waals surface area contributed by atoms with Gasteiger partial charge in [0.2, 0.25) is 0 Å². The zero-order chi connectivity index (χ0) is 13.9. The summed E-state index contributed by atoms with van der Waals surface area (Å²) in [5.74, 6) is 3.08. The molecule has 0 heterocycles. The number of rotatable bonds is 6. The van der Waals surface area contributed by atoms with E-state index in [0.717, 1.165) is 17.8 Å². The molecule has 0 amide bonds. The lowest BCUT2D eigenvalue weighted by molar-refractivity contribution is 0.223. The lowest BCUT2D eigenvalue weighted by atomic mass is 9.76. The molecule has 1 aliphatic rings. The number of unbranched alkanes of at least 4 members (excludes halogenated alkanes) is 2. The van der Waals surface area contributed by atoms with E-state index in [1.807, 2.05) is 0 Å². The first-order chi connectivity index (χ1) is 9.27. The summed E-state index contributed by atoms with van der Waals surface area (Å²) in [5, 5.41) is 0. The molecule has 0 aliphatic heterocycles. The van der Waals surface area contributed by atoms with E-state index in [2.05, 4.69) is 20.8 Å². The van der Waals surface area contributed by atoms with E-state index in [1.165, 1.54) is 83.5 Å². The fourth-order valence-corrected chi connectivity index (χ4v) is 3.98. The van der Waals surface area contributed by atoms with E-state index in [4.69, 9.17) is 0 Å². The second-order valence-electron chi connectivity index (χ2n) is 7.13. The van der Waals surface area contributed by atoms with Crippen LogP contribution in [0.1, 0.15) is 104 Å². The number of hydrogen-bond donors (Lipinski definition) is 0. The Balaban J connectivity index is 2.50. The summed E-state index contributed by atoms with van der Waals surface area (Å²) in [6.07, 6.45) is 19.2. The van der Waals surface area contributed by atoms with Gasteiger partial charge in [-0.3, -0.25) is 0 Å². The van der Waals surface area contributed by atoms with Gasteiger partial charge in [-0.25, -0.2) is 0 Å². The van der Waals surface area contributed by atoms with E-state index in [0.29, 0.717) is 0 Å². The Kier molecular flexibility index (Phi) is 9.65. The molecule has 0 aromatic rings. The first-order valence-corrected chi connectivity index (χ1v) is 9.27. The van der Waals surface area contributed by atoms with Crippen molar-refractivity contribution in [3.8, 4) is 0 Å². The minimum atomic E-state index is 0.980. The van der Waals surface area contributed by atoms with Crippen molar-refractivity contribution in [1.82, 2.24) is 0 Å². The van der Waals surface area contributed by atoms with Crippen LogP contribution in [-0.4, -0.2) is 0 Å². The van der Waals surface area contributed by atoms with E-state index in [1.54, 1.807) is 0 Å². The smallest absolute Gasteiger partial charge is 0.0386 e. The van der Waals surface area contributed by atoms with Gasteiger partial charge in [0.1, 0.15) is 0 Å². The molecule has 3 unspecified atom stereocenters. The molecule has 0 aromatic heterocycles. The summed E-state index contributed by atoms with van der Waals surface area (Å²) in [7, 11) is 0. The summed E-state index contributed by atoms with van der Waals surface area (Å²) in [4.78, 5) is 0. The van der Waals surface area contributed by atoms with Crippen molar-refractivity contribution in [3.05, 3.63) is 0 Å². The lowest BCUT2D eigenvalue weighted by Crippen LogP contribution is -2.17. The lowest BCUT2D eigenvalue weighted by Gasteiger charge is -2.29. The fourth-order valence-electron chi connectivity index (χ4n) is 3.98. The van der Waals surface area contributed by atoms with Crippen LogP contribution in [-0.2, 0) is 0 Å². The normalized spacial score (nSPS) is 30.2. The summed E-state index contributed by atoms with van der Waals surface area (Å²) >= 11 is 0. The Labute approximate surface area is 122 Å². The fraction of sp³-hybridized carbons (Fsp3) is 1.00. The predicted molar refractivity (Wildman–Crippen MR) is 87.5 cm³/mol. The molecule has 1 rings (SSSR count). The Morgan fingerprint density at radius 2 is 1.42 bits per heavy atom. The van der Waals surface area contributed by atoms with Crippen LogP contribution in [0.3, 0.4) is 0 Å². The summed E-state index contributed by atoms with van der Waals surface area (Å²) in [6.45, 7) is 7.20. The highest BCUT2D eigenvalue weighted by Gasteiger charge is 2.21. The van der Waals surface area contributed by atoms with Crippen LogP contribution in [0.2, 0.25) is 0 Å². The van der Waals surface area contributed by atoms with Gasteiger partial charge in [-0.15, -0.1) is 0 Å². The molecule has 0 heteroatoms. The Hall–Kier alpha value is 0. The third-order valence-electron chi connectivity index (χ3n) is 5.31. The maximum atomic E-state index is 2.48. The van der Waals surface area contributed by atoms with Crippen LogP contribution in [0.15, 0.2) is 0 Å². The van der Waals surface area contributed by atoms with Crippen LogP contribution in [0.25, 0.3) is 0 Å². The quantitative estimate of drug-likeness (QED) is 0.455. The SMILES string of the molecule is CCCCCC1CCCCCC(C)CCC1CCC. The van der Waals surface area contributed by atoms with Crippen molar-refractivity contribution < 1.29 is 0 Å². The Morgan fingerprint density at radius 3 is 2.16 bits per heavy atom. The molecule has 3 atom stereocenters. The molecular formula is C19H38. The molecule has 19 heavy (non-hydrogen) atoms. The zero-order valence-corrected chi connectivity index (χ0v) is 13.9. The Morgan fingerprint density at radius 1 is 0.684 bits per heavy atom. The molecule has 1 aliphatic carbocycles. The predicted octanol–water partition coefficient (Wildman–Crippen LogP) is 6.98. The van der Waals surface area contributed by atoms with Gasteiger partial charge in [0.05, 0.1) is 0 Å². The van der Waals surface area contributed by atoms with E-state index >= 15 is 0 Å². The van der Waals surface area contributed by atoms with Crippen molar-refractivity contribution in [3.63, 3.8) is 0 Å². The third kappa shape index (κ3) is 7.37. The van der Waals surface area contributed by atoms with Gasteiger partial charge in [-0.05, 0) is 24.2 Å². The van der Waals surface area contributed by atoms with Crippen LogP contribution in [0.5, 0.6) is 0 Å². The Bertz CT molecular complexity index is 194. The third-order valence-corrected chi connectivity index (χ3v) is 5.31. The molecule has 0 aromatic carbocycles. The van der Waals surface area contributed by atoms with Crippen molar-refractivity contribution in [2.24, 2.45) is 17.8 Å². The molecule has 1 fully saturated rings. The molecular weight excluding hydrogens is 228 g/mol. The summed E-state index contributed by atoms with van der Waals surface area (Å²) in [6, 6.07) is 0. The molecule has 0 bridgehead atoms. The van der Waals surface area contributed by atoms with E-state index in [-0.39, 0.29) is 0 Å². The maximum absolute atomic E-state index is 2.48. The molecule has 0 radical (unpaired) electrons. The van der Waals surface area contributed by atoms with Gasteiger partial charge in [0.25, 0.3) is 0 Å². The zero-order valence-electron chi connectivity index (χ0n) is 13.9. The van der Waals surface area contributed by atoms with Gasteiger partial charge in [-0.2, -0.15) is 0 Å². The average Bonchev–Trinajstić information content (AvgIpc) is 2.41. The highest BCUT2D eigenvalue weighted by atomic mass is 14.3. The highest BCUT2D eigenvalue weighted by Crippen LogP contribution is 2.34. The van der Waals surface area contributed by atoms with Gasteiger partial charge in [0.15, 0.2) is 0 Å². The second-order valence-corrected chi connectivity index (χ2v) is 7.13. The van der Waals surface area contributed by atoms with E-state index < -0.39 is 0 Å². The molecule has 1 saturated carbocycles. The molecule has 0 N–H and O–H groups in total. The van der Waals surface area contributed by atoms with Gasteiger partial charge in [-0.1, -0.05) is 97.8 Å². The van der Waals surface area contributed by atoms with Gasteiger partial charge in [0, 0.05) is 0 Å². The van der Waals surface area contributed by atoms with Crippen molar-refractivity contribution in [2.75, 3.05) is 0 Å². The highest BCUT2D eigenvalue weighted by molar-refractivity contribution is 4.73. The largest absolute Gasteiger partial charge is 0.0654 e. The first-order valence-electron chi connectivity index (χ1n) is 9.27. The van der Waals surface area contributed by atoms with E-state index in [9.17, 15) is 0 Å². The van der Waals surface area contributed by atoms with Crippen molar-refractivity contribution >= 4 is 0 Å². The first kappa shape index (κ1) is 17.1. The average molecular weight is 267 g/mol. The minimum Gasteiger partial charge on any atom is -0.0654 e. The summed E-state index contributed by atoms with van der Waals surface area (Å²) in [5.41, 5.74) is 0. The van der Waals surface area contributed by atoms with Crippen LogP contribution >= 0.6 is 0 Å². The monoisotopic (exact) mass is 266 g/mol. The second kappa shape index (κ2) is 10.7. The standard InChI is InChI=1S/C19H38/c1-4-6-8-13-19-14-10-7-9-12-17(3)15-16-18(19)11-5-2/h17-19H,4-16H2,1-3H3. The van der Waals surface area contributed by atoms with Crippen LogP contribution in [0.4, 0.5) is 0 Å². The van der Waals surface area contributed by atoms with Crippen molar-refractivity contribution in [1.29, 1.82) is 0 Å². The topological polar surface area (TPSA) is 0 Å². The molecule has 114 valence electrons. The maximum Gasteiger partial charge on any atom is -0.0386 e. The minimum absolute atomic E-state index is 0.980. The summed E-state index contributed by atoms with van der Waals surface area (Å²) < 4.78 is 0. The van der Waals surface area contributed by atoms with Crippen LogP contribution in [0, 0.1) is 17.8 Å². The number of hydrogen-bond acceptors (Lipinski definition) is 0. The van der Waals surface area contributed by atoms with Crippen LogP contribution < -0.4 is 0 Å². The molecule has 0 spiro atoms. The molecule has 0 saturated heterocycles.